The molecule has 2 N–H and O–H groups in total. The number of benzene rings is 1. The fraction of sp³-hybridized carbons (Fsp3) is 0.571. The van der Waals surface area contributed by atoms with Crippen molar-refractivity contribution in [1.29, 1.82) is 0 Å². The Labute approximate surface area is 183 Å². The molecular formula is C21H31BN2O7. The van der Waals surface area contributed by atoms with Gasteiger partial charge in [-0.1, -0.05) is 6.07 Å². The maximum atomic E-state index is 12.8. The van der Waals surface area contributed by atoms with Crippen molar-refractivity contribution in [2.45, 2.75) is 65.3 Å². The lowest BCUT2D eigenvalue weighted by Crippen LogP contribution is -2.41. The molecule has 0 radical (unpaired) electrons. The molecule has 31 heavy (non-hydrogen) atoms. The molecule has 10 heteroatoms. The van der Waals surface area contributed by atoms with Crippen LogP contribution in [0.5, 0.6) is 0 Å². The van der Waals surface area contributed by atoms with Crippen molar-refractivity contribution >= 4 is 36.2 Å². The molecule has 0 bridgehead atoms. The maximum Gasteiger partial charge on any atom is 0.494 e. The summed E-state index contributed by atoms with van der Waals surface area (Å²) in [5.41, 5.74) is -0.882. The van der Waals surface area contributed by atoms with Crippen LogP contribution < -0.4 is 16.1 Å². The van der Waals surface area contributed by atoms with Gasteiger partial charge in [0.1, 0.15) is 12.1 Å². The summed E-state index contributed by atoms with van der Waals surface area (Å²) < 4.78 is 21.9. The molecule has 2 amide bonds. The number of anilines is 1. The van der Waals surface area contributed by atoms with E-state index in [2.05, 4.69) is 15.4 Å². The van der Waals surface area contributed by atoms with Crippen LogP contribution in [0.3, 0.4) is 0 Å². The van der Waals surface area contributed by atoms with E-state index in [1.54, 1.807) is 39.0 Å². The molecule has 0 unspecified atom stereocenters. The Morgan fingerprint density at radius 1 is 1.06 bits per heavy atom. The summed E-state index contributed by atoms with van der Waals surface area (Å²) in [6.45, 7) is 12.6. The van der Waals surface area contributed by atoms with E-state index in [4.69, 9.17) is 14.0 Å². The van der Waals surface area contributed by atoms with Crippen LogP contribution in [0.15, 0.2) is 18.2 Å². The van der Waals surface area contributed by atoms with Crippen molar-refractivity contribution in [1.82, 2.24) is 5.32 Å². The highest BCUT2D eigenvalue weighted by atomic mass is 16.7. The zero-order chi connectivity index (χ0) is 23.6. The molecule has 1 fully saturated rings. The van der Waals surface area contributed by atoms with Gasteiger partial charge in [0.05, 0.1) is 29.6 Å². The molecule has 0 aliphatic carbocycles. The van der Waals surface area contributed by atoms with Gasteiger partial charge in [0.25, 0.3) is 5.91 Å². The lowest BCUT2D eigenvalue weighted by Gasteiger charge is -2.32. The van der Waals surface area contributed by atoms with Crippen molar-refractivity contribution in [2.75, 3.05) is 19.0 Å². The Kier molecular flexibility index (Phi) is 7.07. The standard InChI is InChI=1S/C21H31BN2O7/c1-19(2,3)29-18(27)24-15-10-9-13(22-30-20(4,5)21(6,7)31-22)11-14(15)17(26)23-12-16(25)28-8/h9-11H,12H2,1-8H3,(H,23,26)(H,24,27). The van der Waals surface area contributed by atoms with Crippen molar-refractivity contribution in [3.8, 4) is 0 Å². The van der Waals surface area contributed by atoms with Crippen LogP contribution in [0.4, 0.5) is 10.5 Å². The monoisotopic (exact) mass is 434 g/mol. The van der Waals surface area contributed by atoms with Crippen LogP contribution >= 0.6 is 0 Å². The van der Waals surface area contributed by atoms with Crippen LogP contribution in [0.1, 0.15) is 58.8 Å². The number of ether oxygens (including phenoxy) is 2. The molecule has 1 aliphatic heterocycles. The number of hydrogen-bond donors (Lipinski definition) is 2. The highest BCUT2D eigenvalue weighted by Crippen LogP contribution is 2.36. The zero-order valence-electron chi connectivity index (χ0n) is 19.4. The predicted molar refractivity (Wildman–Crippen MR) is 116 cm³/mol. The maximum absolute atomic E-state index is 12.8. The van der Waals surface area contributed by atoms with Crippen molar-refractivity contribution in [3.63, 3.8) is 0 Å². The first kappa shape index (κ1) is 24.7. The van der Waals surface area contributed by atoms with E-state index < -0.39 is 41.9 Å². The van der Waals surface area contributed by atoms with Gasteiger partial charge in [-0.05, 0) is 66.1 Å². The Bertz CT molecular complexity index is 846. The molecule has 1 aromatic carbocycles. The Balaban J connectivity index is 2.34. The molecule has 9 nitrogen and oxygen atoms in total. The third-order valence-corrected chi connectivity index (χ3v) is 5.07. The topological polar surface area (TPSA) is 112 Å². The molecule has 0 saturated carbocycles. The van der Waals surface area contributed by atoms with Gasteiger partial charge < -0.3 is 24.1 Å². The summed E-state index contributed by atoms with van der Waals surface area (Å²) in [5.74, 6) is -1.17. The molecule has 0 spiro atoms. The molecule has 1 aliphatic rings. The molecule has 0 aromatic heterocycles. The van der Waals surface area contributed by atoms with Crippen LogP contribution in [-0.2, 0) is 23.6 Å². The number of amides is 2. The lowest BCUT2D eigenvalue weighted by atomic mass is 9.78. The minimum atomic E-state index is -0.710. The molecular weight excluding hydrogens is 403 g/mol. The normalized spacial score (nSPS) is 17.1. The number of esters is 1. The van der Waals surface area contributed by atoms with E-state index in [0.717, 1.165) is 0 Å². The third-order valence-electron chi connectivity index (χ3n) is 5.07. The summed E-state index contributed by atoms with van der Waals surface area (Å²) in [6.07, 6.45) is -0.710. The van der Waals surface area contributed by atoms with E-state index in [1.807, 2.05) is 27.7 Å². The van der Waals surface area contributed by atoms with Crippen LogP contribution in [0.2, 0.25) is 0 Å². The van der Waals surface area contributed by atoms with E-state index in [-0.39, 0.29) is 17.8 Å². The first-order chi connectivity index (χ1) is 14.1. The number of methoxy groups -OCH3 is 1. The van der Waals surface area contributed by atoms with Gasteiger partial charge in [0.15, 0.2) is 0 Å². The Hall–Kier alpha value is -2.59. The van der Waals surface area contributed by atoms with Crippen molar-refractivity contribution < 1.29 is 33.2 Å². The average Bonchev–Trinajstić information content (AvgIpc) is 2.85. The van der Waals surface area contributed by atoms with E-state index in [9.17, 15) is 14.4 Å². The largest absolute Gasteiger partial charge is 0.494 e. The second-order valence-electron chi connectivity index (χ2n) is 9.28. The molecule has 170 valence electrons. The van der Waals surface area contributed by atoms with Crippen LogP contribution in [0, 0.1) is 0 Å². The fourth-order valence-electron chi connectivity index (χ4n) is 2.72. The first-order valence-corrected chi connectivity index (χ1v) is 10.00. The summed E-state index contributed by atoms with van der Waals surface area (Å²) >= 11 is 0. The number of rotatable bonds is 5. The number of carbonyl (C=O) groups is 3. The van der Waals surface area contributed by atoms with Gasteiger partial charge in [0.2, 0.25) is 0 Å². The molecule has 1 saturated heterocycles. The highest BCUT2D eigenvalue weighted by Gasteiger charge is 2.51. The minimum absolute atomic E-state index is 0.127. The summed E-state index contributed by atoms with van der Waals surface area (Å²) in [5, 5.41) is 5.05. The van der Waals surface area contributed by atoms with Gasteiger partial charge in [0, 0.05) is 0 Å². The van der Waals surface area contributed by atoms with E-state index >= 15 is 0 Å². The molecule has 2 rings (SSSR count). The second kappa shape index (κ2) is 8.88. The number of nitrogens with one attached hydrogen (secondary N) is 2. The SMILES string of the molecule is COC(=O)CNC(=O)c1cc(B2OC(C)(C)C(C)(C)O2)ccc1NC(=O)OC(C)(C)C. The Morgan fingerprint density at radius 3 is 2.16 bits per heavy atom. The van der Waals surface area contributed by atoms with E-state index in [1.165, 1.54) is 7.11 Å². The quantitative estimate of drug-likeness (QED) is 0.540. The summed E-state index contributed by atoms with van der Waals surface area (Å²) in [7, 11) is 0.524. The fourth-order valence-corrected chi connectivity index (χ4v) is 2.72. The second-order valence-corrected chi connectivity index (χ2v) is 9.28. The first-order valence-electron chi connectivity index (χ1n) is 10.00. The van der Waals surface area contributed by atoms with Gasteiger partial charge in [-0.2, -0.15) is 0 Å². The van der Waals surface area contributed by atoms with Gasteiger partial charge in [-0.3, -0.25) is 14.9 Å². The predicted octanol–water partition coefficient (Wildman–Crippen LogP) is 2.24. The average molecular weight is 434 g/mol. The molecule has 0 atom stereocenters. The summed E-state index contributed by atoms with van der Waals surface area (Å²) in [6, 6.07) is 4.82. The Morgan fingerprint density at radius 2 is 1.65 bits per heavy atom. The lowest BCUT2D eigenvalue weighted by molar-refractivity contribution is -0.139. The molecule has 1 heterocycles. The van der Waals surface area contributed by atoms with E-state index in [0.29, 0.717) is 5.46 Å². The zero-order valence-corrected chi connectivity index (χ0v) is 19.4. The smallest absolute Gasteiger partial charge is 0.468 e. The third kappa shape index (κ3) is 6.21. The number of carbonyl (C=O) groups excluding carboxylic acids is 3. The molecule has 1 aromatic rings. The van der Waals surface area contributed by atoms with Crippen LogP contribution in [0.25, 0.3) is 0 Å². The van der Waals surface area contributed by atoms with Gasteiger partial charge >= 0.3 is 19.2 Å². The van der Waals surface area contributed by atoms with Crippen LogP contribution in [-0.4, -0.2) is 55.5 Å². The summed E-state index contributed by atoms with van der Waals surface area (Å²) in [4.78, 5) is 36.4. The van der Waals surface area contributed by atoms with Gasteiger partial charge in [-0.25, -0.2) is 4.79 Å². The minimum Gasteiger partial charge on any atom is -0.468 e. The number of hydrogen-bond acceptors (Lipinski definition) is 7. The van der Waals surface area contributed by atoms with Crippen molar-refractivity contribution in [2.24, 2.45) is 0 Å². The highest BCUT2D eigenvalue weighted by molar-refractivity contribution is 6.62. The van der Waals surface area contributed by atoms with Gasteiger partial charge in [-0.15, -0.1) is 0 Å². The van der Waals surface area contributed by atoms with Crippen molar-refractivity contribution in [3.05, 3.63) is 23.8 Å².